The minimum Gasteiger partial charge on any atom is -0.359 e. The quantitative estimate of drug-likeness (QED) is 0.892. The summed E-state index contributed by atoms with van der Waals surface area (Å²) in [6, 6.07) is 8.58. The maximum Gasteiger partial charge on any atom is 0.183 e. The number of aryl methyl sites for hydroxylation is 1. The Morgan fingerprint density at radius 1 is 1.29 bits per heavy atom. The van der Waals surface area contributed by atoms with Crippen molar-refractivity contribution >= 4 is 28.1 Å². The fourth-order valence-electron chi connectivity index (χ4n) is 1.73. The zero-order chi connectivity index (χ0) is 11.8. The predicted octanol–water partition coefficient (Wildman–Crippen LogP) is 4.35. The van der Waals surface area contributed by atoms with Gasteiger partial charge in [-0.1, -0.05) is 35.1 Å². The van der Waals surface area contributed by atoms with Crippen LogP contribution in [0.2, 0.25) is 5.02 Å². The Morgan fingerprint density at radius 2 is 2.00 bits per heavy atom. The first-order valence-corrected chi connectivity index (χ1v) is 6.92. The summed E-state index contributed by atoms with van der Waals surface area (Å²) in [4.78, 5) is 5.79. The Balaban J connectivity index is 1.90. The van der Waals surface area contributed by atoms with E-state index in [4.69, 9.17) is 11.6 Å². The fourth-order valence-corrected chi connectivity index (χ4v) is 2.90. The van der Waals surface area contributed by atoms with Gasteiger partial charge in [-0.15, -0.1) is 0 Å². The van der Waals surface area contributed by atoms with Gasteiger partial charge in [-0.3, -0.25) is 0 Å². The van der Waals surface area contributed by atoms with Crippen molar-refractivity contribution in [2.24, 2.45) is 0 Å². The molecule has 2 aromatic rings. The second-order valence-corrected chi connectivity index (χ2v) is 5.79. The van der Waals surface area contributed by atoms with Gasteiger partial charge < -0.3 is 5.32 Å². The van der Waals surface area contributed by atoms with Crippen molar-refractivity contribution in [1.82, 2.24) is 4.98 Å². The molecule has 1 saturated carbocycles. The molecular formula is C13H13ClN2S. The molecule has 0 unspecified atom stereocenters. The summed E-state index contributed by atoms with van der Waals surface area (Å²) in [5.74, 6) is 0. The lowest BCUT2D eigenvalue weighted by Gasteiger charge is -1.98. The van der Waals surface area contributed by atoms with Crippen LogP contribution >= 0.6 is 22.9 Å². The molecule has 0 atom stereocenters. The molecule has 1 aromatic heterocycles. The average molecular weight is 265 g/mol. The van der Waals surface area contributed by atoms with Gasteiger partial charge in [0.1, 0.15) is 0 Å². The molecule has 17 heavy (non-hydrogen) atoms. The number of hydrogen-bond donors (Lipinski definition) is 1. The summed E-state index contributed by atoms with van der Waals surface area (Å²) in [5, 5.41) is 5.25. The molecule has 1 N–H and O–H groups in total. The number of aromatic nitrogens is 1. The zero-order valence-electron chi connectivity index (χ0n) is 9.53. The molecular weight excluding hydrogens is 252 g/mol. The highest BCUT2D eigenvalue weighted by atomic mass is 35.5. The minimum absolute atomic E-state index is 0.651. The van der Waals surface area contributed by atoms with Crippen LogP contribution in [0.1, 0.15) is 18.5 Å². The molecule has 1 aromatic carbocycles. The van der Waals surface area contributed by atoms with Crippen molar-refractivity contribution in [3.63, 3.8) is 0 Å². The van der Waals surface area contributed by atoms with Crippen LogP contribution in [-0.2, 0) is 0 Å². The largest absolute Gasteiger partial charge is 0.359 e. The van der Waals surface area contributed by atoms with E-state index < -0.39 is 0 Å². The van der Waals surface area contributed by atoms with Crippen LogP contribution in [0, 0.1) is 6.92 Å². The van der Waals surface area contributed by atoms with Gasteiger partial charge in [0.2, 0.25) is 0 Å². The highest BCUT2D eigenvalue weighted by Crippen LogP contribution is 2.35. The van der Waals surface area contributed by atoms with Gasteiger partial charge >= 0.3 is 0 Å². The van der Waals surface area contributed by atoms with Crippen LogP contribution in [0.25, 0.3) is 10.4 Å². The molecule has 0 spiro atoms. The van der Waals surface area contributed by atoms with Gasteiger partial charge in [-0.05, 0) is 37.5 Å². The number of halogens is 1. The van der Waals surface area contributed by atoms with E-state index in [0.717, 1.165) is 15.8 Å². The van der Waals surface area contributed by atoms with Crippen LogP contribution in [0.3, 0.4) is 0 Å². The highest BCUT2D eigenvalue weighted by molar-refractivity contribution is 7.19. The Hall–Kier alpha value is -1.06. The topological polar surface area (TPSA) is 24.9 Å². The fraction of sp³-hybridized carbons (Fsp3) is 0.308. The smallest absolute Gasteiger partial charge is 0.183 e. The molecule has 0 aliphatic heterocycles. The standard InChI is InChI=1S/C13H13ClN2S/c1-8-12(9-2-4-10(14)5-3-9)17-13(15-8)16-11-6-7-11/h2-5,11H,6-7H2,1H3,(H,15,16). The highest BCUT2D eigenvalue weighted by Gasteiger charge is 2.22. The molecule has 3 rings (SSSR count). The Kier molecular flexibility index (Phi) is 2.81. The molecule has 1 aliphatic carbocycles. The monoisotopic (exact) mass is 264 g/mol. The molecule has 88 valence electrons. The molecule has 1 aliphatic rings. The van der Waals surface area contributed by atoms with Crippen molar-refractivity contribution in [1.29, 1.82) is 0 Å². The number of nitrogens with one attached hydrogen (secondary N) is 1. The Bertz CT molecular complexity index is 529. The Morgan fingerprint density at radius 3 is 2.65 bits per heavy atom. The lowest BCUT2D eigenvalue weighted by Crippen LogP contribution is -1.99. The summed E-state index contributed by atoms with van der Waals surface area (Å²) in [7, 11) is 0. The van der Waals surface area contributed by atoms with Crippen LogP contribution in [0.5, 0.6) is 0 Å². The van der Waals surface area contributed by atoms with Gasteiger partial charge in [0.15, 0.2) is 5.13 Å². The van der Waals surface area contributed by atoms with E-state index in [2.05, 4.69) is 17.2 Å². The van der Waals surface area contributed by atoms with Crippen LogP contribution in [0.4, 0.5) is 5.13 Å². The van der Waals surface area contributed by atoms with Crippen molar-refractivity contribution in [3.05, 3.63) is 35.0 Å². The first-order chi connectivity index (χ1) is 8.22. The lowest BCUT2D eigenvalue weighted by molar-refractivity contribution is 1.12. The van der Waals surface area contributed by atoms with E-state index in [0.29, 0.717) is 6.04 Å². The number of benzene rings is 1. The third-order valence-corrected chi connectivity index (χ3v) is 4.20. The second kappa shape index (κ2) is 4.31. The third kappa shape index (κ3) is 2.45. The Labute approximate surface area is 110 Å². The number of nitrogens with zero attached hydrogens (tertiary/aromatic N) is 1. The van der Waals surface area contributed by atoms with Gasteiger partial charge in [0.25, 0.3) is 0 Å². The van der Waals surface area contributed by atoms with Gasteiger partial charge in [0, 0.05) is 11.1 Å². The number of thiazole rings is 1. The summed E-state index contributed by atoms with van der Waals surface area (Å²) in [6.45, 7) is 2.05. The van der Waals surface area contributed by atoms with E-state index >= 15 is 0 Å². The van der Waals surface area contributed by atoms with Gasteiger partial charge in [0.05, 0.1) is 10.6 Å². The van der Waals surface area contributed by atoms with Crippen molar-refractivity contribution in [2.45, 2.75) is 25.8 Å². The normalized spacial score (nSPS) is 14.9. The number of hydrogen-bond acceptors (Lipinski definition) is 3. The van der Waals surface area contributed by atoms with E-state index in [1.54, 1.807) is 11.3 Å². The average Bonchev–Trinajstić information content (AvgIpc) is 3.03. The molecule has 4 heteroatoms. The van der Waals surface area contributed by atoms with E-state index in [1.165, 1.54) is 23.3 Å². The summed E-state index contributed by atoms with van der Waals surface area (Å²) < 4.78 is 0. The van der Waals surface area contributed by atoms with E-state index in [9.17, 15) is 0 Å². The van der Waals surface area contributed by atoms with Crippen LogP contribution in [-0.4, -0.2) is 11.0 Å². The second-order valence-electron chi connectivity index (χ2n) is 4.36. The molecule has 0 radical (unpaired) electrons. The van der Waals surface area contributed by atoms with Crippen molar-refractivity contribution in [3.8, 4) is 10.4 Å². The number of rotatable bonds is 3. The summed E-state index contributed by atoms with van der Waals surface area (Å²) in [6.07, 6.45) is 2.55. The summed E-state index contributed by atoms with van der Waals surface area (Å²) >= 11 is 7.62. The molecule has 1 heterocycles. The zero-order valence-corrected chi connectivity index (χ0v) is 11.1. The lowest BCUT2D eigenvalue weighted by atomic mass is 10.2. The van der Waals surface area contributed by atoms with Crippen molar-refractivity contribution < 1.29 is 0 Å². The summed E-state index contributed by atoms with van der Waals surface area (Å²) in [5.41, 5.74) is 2.27. The maximum atomic E-state index is 5.90. The first-order valence-electron chi connectivity index (χ1n) is 5.72. The molecule has 1 fully saturated rings. The third-order valence-electron chi connectivity index (χ3n) is 2.81. The van der Waals surface area contributed by atoms with Gasteiger partial charge in [-0.2, -0.15) is 0 Å². The predicted molar refractivity (Wildman–Crippen MR) is 73.9 cm³/mol. The van der Waals surface area contributed by atoms with Crippen LogP contribution < -0.4 is 5.32 Å². The van der Waals surface area contributed by atoms with E-state index in [-0.39, 0.29) is 0 Å². The molecule has 0 bridgehead atoms. The molecule has 0 amide bonds. The van der Waals surface area contributed by atoms with Crippen LogP contribution in [0.15, 0.2) is 24.3 Å². The SMILES string of the molecule is Cc1nc(NC2CC2)sc1-c1ccc(Cl)cc1. The van der Waals surface area contributed by atoms with E-state index in [1.807, 2.05) is 24.3 Å². The first kappa shape index (κ1) is 11.1. The molecule has 2 nitrogen and oxygen atoms in total. The van der Waals surface area contributed by atoms with Gasteiger partial charge in [-0.25, -0.2) is 4.98 Å². The number of anilines is 1. The minimum atomic E-state index is 0.651. The maximum absolute atomic E-state index is 5.90. The van der Waals surface area contributed by atoms with Crippen molar-refractivity contribution in [2.75, 3.05) is 5.32 Å². The molecule has 0 saturated heterocycles.